The summed E-state index contributed by atoms with van der Waals surface area (Å²) in [6.45, 7) is 3.41. The van der Waals surface area contributed by atoms with E-state index in [9.17, 15) is 9.59 Å². The van der Waals surface area contributed by atoms with Gasteiger partial charge in [0.1, 0.15) is 0 Å². The fourth-order valence-corrected chi connectivity index (χ4v) is 1.57. The predicted octanol–water partition coefficient (Wildman–Crippen LogP) is 1.40. The maximum absolute atomic E-state index is 11.5. The molecule has 0 amide bonds. The third-order valence-corrected chi connectivity index (χ3v) is 2.51. The summed E-state index contributed by atoms with van der Waals surface area (Å²) < 4.78 is 9.31. The molecular formula is C12H15NO4. The first-order valence-electron chi connectivity index (χ1n) is 5.13. The minimum absolute atomic E-state index is 0.309. The van der Waals surface area contributed by atoms with Crippen LogP contribution in [0.15, 0.2) is 27.9 Å². The Balaban J connectivity index is 3.13. The molecule has 0 aromatic rings. The SMILES string of the molecule is COC(=O)C1=CCC(C(=O)OC)=C(C)N=C1C. The molecule has 0 aliphatic carbocycles. The van der Waals surface area contributed by atoms with E-state index >= 15 is 0 Å². The molecule has 0 atom stereocenters. The highest BCUT2D eigenvalue weighted by Crippen LogP contribution is 2.20. The molecule has 0 radical (unpaired) electrons. The van der Waals surface area contributed by atoms with E-state index < -0.39 is 11.9 Å². The molecule has 0 saturated heterocycles. The molecule has 0 fully saturated rings. The van der Waals surface area contributed by atoms with Crippen LogP contribution in [0.5, 0.6) is 0 Å². The van der Waals surface area contributed by atoms with Gasteiger partial charge in [-0.2, -0.15) is 0 Å². The molecule has 0 spiro atoms. The van der Waals surface area contributed by atoms with Crippen LogP contribution in [0.3, 0.4) is 0 Å². The number of hydrogen-bond donors (Lipinski definition) is 0. The van der Waals surface area contributed by atoms with Crippen LogP contribution in [0.2, 0.25) is 0 Å². The van der Waals surface area contributed by atoms with Crippen molar-refractivity contribution in [3.05, 3.63) is 22.9 Å². The predicted molar refractivity (Wildman–Crippen MR) is 62.5 cm³/mol. The lowest BCUT2D eigenvalue weighted by atomic mass is 10.1. The van der Waals surface area contributed by atoms with Crippen LogP contribution >= 0.6 is 0 Å². The van der Waals surface area contributed by atoms with Gasteiger partial charge in [0, 0.05) is 12.1 Å². The van der Waals surface area contributed by atoms with Gasteiger partial charge >= 0.3 is 11.9 Å². The van der Waals surface area contributed by atoms with Crippen molar-refractivity contribution >= 4 is 17.7 Å². The van der Waals surface area contributed by atoms with Gasteiger partial charge in [-0.25, -0.2) is 9.59 Å². The normalized spacial score (nSPS) is 15.8. The molecule has 1 aliphatic heterocycles. The van der Waals surface area contributed by atoms with Crippen molar-refractivity contribution in [3.63, 3.8) is 0 Å². The Morgan fingerprint density at radius 1 is 1.18 bits per heavy atom. The summed E-state index contributed by atoms with van der Waals surface area (Å²) in [5.74, 6) is -0.883. The second-order valence-corrected chi connectivity index (χ2v) is 3.57. The van der Waals surface area contributed by atoms with Crippen LogP contribution in [-0.2, 0) is 19.1 Å². The van der Waals surface area contributed by atoms with Crippen LogP contribution < -0.4 is 0 Å². The van der Waals surface area contributed by atoms with Crippen LogP contribution in [0.4, 0.5) is 0 Å². The van der Waals surface area contributed by atoms with Crippen LogP contribution in [0, 0.1) is 0 Å². The first kappa shape index (κ1) is 13.2. The summed E-state index contributed by atoms with van der Waals surface area (Å²) in [6, 6.07) is 0. The van der Waals surface area contributed by atoms with E-state index in [1.165, 1.54) is 14.2 Å². The molecule has 0 aromatic carbocycles. The molecule has 0 N–H and O–H groups in total. The monoisotopic (exact) mass is 237 g/mol. The van der Waals surface area contributed by atoms with Gasteiger partial charge in [0.15, 0.2) is 0 Å². The highest BCUT2D eigenvalue weighted by atomic mass is 16.5. The van der Waals surface area contributed by atoms with Gasteiger partial charge in [-0.05, 0) is 13.8 Å². The van der Waals surface area contributed by atoms with E-state index in [2.05, 4.69) is 14.5 Å². The van der Waals surface area contributed by atoms with Gasteiger partial charge in [0.05, 0.1) is 31.1 Å². The summed E-state index contributed by atoms with van der Waals surface area (Å²) in [5, 5.41) is 0. The lowest BCUT2D eigenvalue weighted by Gasteiger charge is -2.02. The van der Waals surface area contributed by atoms with Crippen LogP contribution in [0.1, 0.15) is 20.3 Å². The van der Waals surface area contributed by atoms with Crippen molar-refractivity contribution in [1.29, 1.82) is 0 Å². The summed E-state index contributed by atoms with van der Waals surface area (Å²) in [7, 11) is 2.62. The Bertz CT molecular complexity index is 443. The van der Waals surface area contributed by atoms with Crippen molar-refractivity contribution in [2.75, 3.05) is 14.2 Å². The smallest absolute Gasteiger partial charge is 0.339 e. The summed E-state index contributed by atoms with van der Waals surface area (Å²) >= 11 is 0. The number of hydrogen-bond acceptors (Lipinski definition) is 5. The van der Waals surface area contributed by atoms with Gasteiger partial charge in [-0.1, -0.05) is 6.08 Å². The molecule has 1 heterocycles. The third kappa shape index (κ3) is 2.81. The largest absolute Gasteiger partial charge is 0.466 e. The van der Waals surface area contributed by atoms with Crippen molar-refractivity contribution in [1.82, 2.24) is 0 Å². The zero-order valence-electron chi connectivity index (χ0n) is 10.4. The molecule has 0 aromatic heterocycles. The summed E-state index contributed by atoms with van der Waals surface area (Å²) in [4.78, 5) is 27.2. The molecule has 1 rings (SSSR count). The molecule has 5 heteroatoms. The van der Waals surface area contributed by atoms with Gasteiger partial charge < -0.3 is 9.47 Å². The summed E-state index contributed by atoms with van der Waals surface area (Å²) in [6.07, 6.45) is 1.94. The minimum atomic E-state index is -0.454. The Kier molecular flexibility index (Phi) is 4.20. The fourth-order valence-electron chi connectivity index (χ4n) is 1.57. The molecule has 17 heavy (non-hydrogen) atoms. The maximum atomic E-state index is 11.5. The average molecular weight is 237 g/mol. The second kappa shape index (κ2) is 5.43. The summed E-state index contributed by atoms with van der Waals surface area (Å²) in [5.41, 5.74) is 1.93. The van der Waals surface area contributed by atoms with Gasteiger partial charge in [-0.3, -0.25) is 4.99 Å². The third-order valence-electron chi connectivity index (χ3n) is 2.51. The zero-order chi connectivity index (χ0) is 13.0. The van der Waals surface area contributed by atoms with E-state index in [0.29, 0.717) is 29.0 Å². The number of carbonyl (C=O) groups is 2. The molecular weight excluding hydrogens is 222 g/mol. The first-order valence-corrected chi connectivity index (χ1v) is 5.13. The second-order valence-electron chi connectivity index (χ2n) is 3.57. The Hall–Kier alpha value is -1.91. The van der Waals surface area contributed by atoms with E-state index in [1.807, 2.05) is 0 Å². The minimum Gasteiger partial charge on any atom is -0.466 e. The quantitative estimate of drug-likeness (QED) is 0.681. The molecule has 1 aliphatic rings. The van der Waals surface area contributed by atoms with E-state index in [-0.39, 0.29) is 0 Å². The van der Waals surface area contributed by atoms with E-state index in [1.54, 1.807) is 19.9 Å². The average Bonchev–Trinajstić information content (AvgIpc) is 2.46. The molecule has 5 nitrogen and oxygen atoms in total. The number of carbonyl (C=O) groups excluding carboxylic acids is 2. The van der Waals surface area contributed by atoms with Crippen molar-refractivity contribution in [2.24, 2.45) is 4.99 Å². The number of ether oxygens (including phenoxy) is 2. The highest BCUT2D eigenvalue weighted by Gasteiger charge is 2.20. The topological polar surface area (TPSA) is 65.0 Å². The number of esters is 2. The van der Waals surface area contributed by atoms with E-state index in [0.717, 1.165) is 0 Å². The number of nitrogens with zero attached hydrogens (tertiary/aromatic N) is 1. The maximum Gasteiger partial charge on any atom is 0.339 e. The Labute approximate surface area is 99.8 Å². The lowest BCUT2D eigenvalue weighted by molar-refractivity contribution is -0.137. The molecule has 92 valence electrons. The van der Waals surface area contributed by atoms with E-state index in [4.69, 9.17) is 0 Å². The van der Waals surface area contributed by atoms with Crippen molar-refractivity contribution < 1.29 is 19.1 Å². The number of rotatable bonds is 2. The Morgan fingerprint density at radius 3 is 2.29 bits per heavy atom. The van der Waals surface area contributed by atoms with Gasteiger partial charge in [0.2, 0.25) is 0 Å². The number of allylic oxidation sites excluding steroid dienone is 2. The Morgan fingerprint density at radius 2 is 1.76 bits per heavy atom. The molecule has 0 unspecified atom stereocenters. The number of aliphatic imine (C=N–C) groups is 1. The fraction of sp³-hybridized carbons (Fsp3) is 0.417. The standard InChI is InChI=1S/C12H15NO4/c1-7-9(11(14)16-3)5-6-10(8(2)13-7)12(15)17-4/h5H,6H2,1-4H3. The van der Waals surface area contributed by atoms with Crippen LogP contribution in [-0.4, -0.2) is 31.9 Å². The van der Waals surface area contributed by atoms with Gasteiger partial charge in [-0.15, -0.1) is 0 Å². The number of methoxy groups -OCH3 is 2. The molecule has 0 bridgehead atoms. The van der Waals surface area contributed by atoms with Crippen LogP contribution in [0.25, 0.3) is 0 Å². The molecule has 0 saturated carbocycles. The van der Waals surface area contributed by atoms with Crippen molar-refractivity contribution in [3.8, 4) is 0 Å². The lowest BCUT2D eigenvalue weighted by Crippen LogP contribution is -2.11. The van der Waals surface area contributed by atoms with Gasteiger partial charge in [0.25, 0.3) is 0 Å². The zero-order valence-corrected chi connectivity index (χ0v) is 10.4. The highest BCUT2D eigenvalue weighted by molar-refractivity contribution is 6.19. The first-order chi connectivity index (χ1) is 8.01. The van der Waals surface area contributed by atoms with Crippen molar-refractivity contribution in [2.45, 2.75) is 20.3 Å².